The Morgan fingerprint density at radius 1 is 1.25 bits per heavy atom. The van der Waals surface area contributed by atoms with Gasteiger partial charge in [-0.2, -0.15) is 5.10 Å². The lowest BCUT2D eigenvalue weighted by Gasteiger charge is -2.12. The van der Waals surface area contributed by atoms with Crippen LogP contribution in [0.2, 0.25) is 0 Å². The molecule has 128 valence electrons. The van der Waals surface area contributed by atoms with Gasteiger partial charge in [0.1, 0.15) is 11.5 Å². The Balaban J connectivity index is 2.30. The van der Waals surface area contributed by atoms with Crippen molar-refractivity contribution in [1.82, 2.24) is 9.97 Å². The highest BCUT2D eigenvalue weighted by atomic mass is 16.5. The Bertz CT molecular complexity index is 784. The molecule has 0 fully saturated rings. The molecule has 1 heterocycles. The van der Waals surface area contributed by atoms with Crippen molar-refractivity contribution in [3.05, 3.63) is 45.9 Å². The fourth-order valence-corrected chi connectivity index (χ4v) is 2.16. The molecule has 1 aromatic heterocycles. The van der Waals surface area contributed by atoms with Crippen LogP contribution in [0.25, 0.3) is 0 Å². The van der Waals surface area contributed by atoms with Crippen LogP contribution < -0.4 is 20.5 Å². The summed E-state index contributed by atoms with van der Waals surface area (Å²) >= 11 is 0. The molecule has 2 aromatic rings. The SMILES string of the molecule is CCOc1ccc(OCC)c(/C(C)=N\Nc2nc(C)cc(=O)[nH]2)c1. The van der Waals surface area contributed by atoms with E-state index in [1.54, 1.807) is 6.92 Å². The van der Waals surface area contributed by atoms with Gasteiger partial charge in [-0.05, 0) is 45.9 Å². The number of ether oxygens (including phenoxy) is 2. The number of H-pyrrole nitrogens is 1. The lowest BCUT2D eigenvalue weighted by molar-refractivity contribution is 0.330. The van der Waals surface area contributed by atoms with Crippen LogP contribution in [0.15, 0.2) is 34.2 Å². The maximum atomic E-state index is 11.5. The van der Waals surface area contributed by atoms with Gasteiger partial charge in [-0.1, -0.05) is 0 Å². The van der Waals surface area contributed by atoms with Gasteiger partial charge in [0.05, 0.1) is 18.9 Å². The fraction of sp³-hybridized carbons (Fsp3) is 0.353. The van der Waals surface area contributed by atoms with Crippen LogP contribution in [0.4, 0.5) is 5.95 Å². The minimum Gasteiger partial charge on any atom is -0.494 e. The highest BCUT2D eigenvalue weighted by Crippen LogP contribution is 2.25. The summed E-state index contributed by atoms with van der Waals surface area (Å²) in [5, 5.41) is 4.29. The fourth-order valence-electron chi connectivity index (χ4n) is 2.16. The van der Waals surface area contributed by atoms with Crippen molar-refractivity contribution in [2.75, 3.05) is 18.6 Å². The third-order valence-electron chi connectivity index (χ3n) is 3.15. The van der Waals surface area contributed by atoms with Gasteiger partial charge >= 0.3 is 0 Å². The van der Waals surface area contributed by atoms with Gasteiger partial charge in [0.2, 0.25) is 5.95 Å². The Labute approximate surface area is 140 Å². The lowest BCUT2D eigenvalue weighted by atomic mass is 10.1. The Morgan fingerprint density at radius 3 is 2.67 bits per heavy atom. The maximum Gasteiger partial charge on any atom is 0.252 e. The Morgan fingerprint density at radius 2 is 2.00 bits per heavy atom. The van der Waals surface area contributed by atoms with Gasteiger partial charge in [-0.3, -0.25) is 9.78 Å². The largest absolute Gasteiger partial charge is 0.494 e. The summed E-state index contributed by atoms with van der Waals surface area (Å²) < 4.78 is 11.2. The molecule has 0 amide bonds. The summed E-state index contributed by atoms with van der Waals surface area (Å²) in [6.07, 6.45) is 0. The average molecular weight is 330 g/mol. The molecule has 24 heavy (non-hydrogen) atoms. The van der Waals surface area contributed by atoms with Gasteiger partial charge in [-0.25, -0.2) is 10.4 Å². The molecule has 2 rings (SSSR count). The molecule has 0 spiro atoms. The zero-order chi connectivity index (χ0) is 17.5. The molecular formula is C17H22N4O3. The topological polar surface area (TPSA) is 88.6 Å². The molecule has 0 saturated carbocycles. The molecule has 0 aliphatic carbocycles. The summed E-state index contributed by atoms with van der Waals surface area (Å²) in [6.45, 7) is 8.57. The van der Waals surface area contributed by atoms with E-state index in [0.29, 0.717) is 30.6 Å². The molecule has 0 bridgehead atoms. The number of hydrazone groups is 1. The molecule has 0 atom stereocenters. The van der Waals surface area contributed by atoms with Gasteiger partial charge < -0.3 is 9.47 Å². The second-order valence-electron chi connectivity index (χ2n) is 5.07. The predicted octanol–water partition coefficient (Wildman–Crippen LogP) is 2.71. The molecule has 0 aliphatic heterocycles. The smallest absolute Gasteiger partial charge is 0.252 e. The second kappa shape index (κ2) is 8.14. The van der Waals surface area contributed by atoms with E-state index < -0.39 is 0 Å². The van der Waals surface area contributed by atoms with Crippen molar-refractivity contribution in [3.8, 4) is 11.5 Å². The van der Waals surface area contributed by atoms with E-state index in [4.69, 9.17) is 9.47 Å². The van der Waals surface area contributed by atoms with Crippen molar-refractivity contribution in [3.63, 3.8) is 0 Å². The molecule has 7 nitrogen and oxygen atoms in total. The Kier molecular flexibility index (Phi) is 5.95. The quantitative estimate of drug-likeness (QED) is 0.602. The number of anilines is 1. The lowest BCUT2D eigenvalue weighted by Crippen LogP contribution is -2.11. The maximum absolute atomic E-state index is 11.5. The zero-order valence-corrected chi connectivity index (χ0v) is 14.3. The number of nitrogens with one attached hydrogen (secondary N) is 2. The minimum absolute atomic E-state index is 0.230. The number of aryl methyl sites for hydroxylation is 1. The standard InChI is InChI=1S/C17H22N4O3/c1-5-23-13-7-8-15(24-6-2)14(10-13)12(4)20-21-17-18-11(3)9-16(22)19-17/h7-10H,5-6H2,1-4H3,(H2,18,19,21,22)/b20-12-. The van der Waals surface area contributed by atoms with Crippen LogP contribution in [0.1, 0.15) is 32.0 Å². The molecule has 0 aliphatic rings. The van der Waals surface area contributed by atoms with E-state index in [-0.39, 0.29) is 5.56 Å². The first-order valence-corrected chi connectivity index (χ1v) is 7.81. The van der Waals surface area contributed by atoms with Gasteiger partial charge in [0.25, 0.3) is 5.56 Å². The first-order chi connectivity index (χ1) is 11.5. The summed E-state index contributed by atoms with van der Waals surface area (Å²) in [6, 6.07) is 7.01. The van der Waals surface area contributed by atoms with E-state index in [2.05, 4.69) is 20.5 Å². The normalized spacial score (nSPS) is 11.2. The number of benzene rings is 1. The highest BCUT2D eigenvalue weighted by Gasteiger charge is 2.09. The second-order valence-corrected chi connectivity index (χ2v) is 5.07. The number of aromatic nitrogens is 2. The summed E-state index contributed by atoms with van der Waals surface area (Å²) in [4.78, 5) is 18.2. The highest BCUT2D eigenvalue weighted by molar-refractivity contribution is 6.01. The van der Waals surface area contributed by atoms with Crippen molar-refractivity contribution in [2.45, 2.75) is 27.7 Å². The average Bonchev–Trinajstić information content (AvgIpc) is 2.53. The van der Waals surface area contributed by atoms with E-state index in [9.17, 15) is 4.79 Å². The van der Waals surface area contributed by atoms with Crippen molar-refractivity contribution >= 4 is 11.7 Å². The predicted molar refractivity (Wildman–Crippen MR) is 94.2 cm³/mol. The number of aromatic amines is 1. The van der Waals surface area contributed by atoms with Gasteiger partial charge in [-0.15, -0.1) is 0 Å². The first-order valence-electron chi connectivity index (χ1n) is 7.81. The van der Waals surface area contributed by atoms with Crippen LogP contribution in [0, 0.1) is 6.92 Å². The number of hydrogen-bond donors (Lipinski definition) is 2. The zero-order valence-electron chi connectivity index (χ0n) is 14.3. The molecule has 2 N–H and O–H groups in total. The Hall–Kier alpha value is -2.83. The van der Waals surface area contributed by atoms with Crippen molar-refractivity contribution in [2.24, 2.45) is 5.10 Å². The van der Waals surface area contributed by atoms with Crippen LogP contribution in [-0.4, -0.2) is 28.9 Å². The number of hydrogen-bond acceptors (Lipinski definition) is 6. The molecule has 0 saturated heterocycles. The first kappa shape index (κ1) is 17.5. The number of nitrogens with zero attached hydrogens (tertiary/aromatic N) is 2. The monoisotopic (exact) mass is 330 g/mol. The molecular weight excluding hydrogens is 308 g/mol. The van der Waals surface area contributed by atoms with Crippen LogP contribution in [0.5, 0.6) is 11.5 Å². The van der Waals surface area contributed by atoms with E-state index >= 15 is 0 Å². The van der Waals surface area contributed by atoms with E-state index in [1.807, 2.05) is 39.0 Å². The number of rotatable bonds is 7. The third-order valence-corrected chi connectivity index (χ3v) is 3.15. The minimum atomic E-state index is -0.230. The molecule has 1 aromatic carbocycles. The van der Waals surface area contributed by atoms with Crippen molar-refractivity contribution in [1.29, 1.82) is 0 Å². The van der Waals surface area contributed by atoms with Gasteiger partial charge in [0, 0.05) is 17.3 Å². The van der Waals surface area contributed by atoms with Crippen molar-refractivity contribution < 1.29 is 9.47 Å². The van der Waals surface area contributed by atoms with Crippen LogP contribution >= 0.6 is 0 Å². The summed E-state index contributed by atoms with van der Waals surface area (Å²) in [7, 11) is 0. The molecule has 0 unspecified atom stereocenters. The van der Waals surface area contributed by atoms with Crippen LogP contribution in [-0.2, 0) is 0 Å². The molecule has 0 radical (unpaired) electrons. The summed E-state index contributed by atoms with van der Waals surface area (Å²) in [5.41, 5.74) is 4.65. The van der Waals surface area contributed by atoms with Crippen LogP contribution in [0.3, 0.4) is 0 Å². The van der Waals surface area contributed by atoms with E-state index in [1.165, 1.54) is 6.07 Å². The third kappa shape index (κ3) is 4.58. The molecule has 7 heteroatoms. The van der Waals surface area contributed by atoms with E-state index in [0.717, 1.165) is 17.1 Å². The summed E-state index contributed by atoms with van der Waals surface area (Å²) in [5.74, 6) is 1.75. The van der Waals surface area contributed by atoms with Gasteiger partial charge in [0.15, 0.2) is 0 Å².